The zero-order chi connectivity index (χ0) is 13.1. The molecule has 0 aromatic carbocycles. The summed E-state index contributed by atoms with van der Waals surface area (Å²) in [6.45, 7) is 0. The summed E-state index contributed by atoms with van der Waals surface area (Å²) in [5, 5.41) is 10.5. The molecular weight excluding hydrogens is 252 g/mol. The molecule has 0 aliphatic heterocycles. The van der Waals surface area contributed by atoms with Crippen molar-refractivity contribution in [3.05, 3.63) is 21.4 Å². The lowest BCUT2D eigenvalue weighted by Crippen LogP contribution is -2.10. The molecule has 2 aliphatic carbocycles. The van der Waals surface area contributed by atoms with Gasteiger partial charge < -0.3 is 5.11 Å². The molecule has 2 heteroatoms. The Hall–Kier alpha value is -0.340. The first kappa shape index (κ1) is 13.6. The van der Waals surface area contributed by atoms with Crippen LogP contribution in [0.25, 0.3) is 0 Å². The largest absolute Gasteiger partial charge is 0.388 e. The van der Waals surface area contributed by atoms with E-state index in [1.165, 1.54) is 69.1 Å². The second-order valence-corrected chi connectivity index (χ2v) is 7.58. The molecule has 0 amide bonds. The molecule has 1 aromatic rings. The molecule has 19 heavy (non-hydrogen) atoms. The predicted molar refractivity (Wildman–Crippen MR) is 81.7 cm³/mol. The van der Waals surface area contributed by atoms with Crippen LogP contribution in [-0.2, 0) is 12.8 Å². The predicted octanol–water partition coefficient (Wildman–Crippen LogP) is 5.02. The summed E-state index contributed by atoms with van der Waals surface area (Å²) in [6, 6.07) is 2.32. The monoisotopic (exact) mass is 278 g/mol. The highest BCUT2D eigenvalue weighted by molar-refractivity contribution is 7.12. The van der Waals surface area contributed by atoms with Gasteiger partial charge in [-0.1, -0.05) is 38.5 Å². The van der Waals surface area contributed by atoms with Gasteiger partial charge in [-0.05, 0) is 49.7 Å². The van der Waals surface area contributed by atoms with Gasteiger partial charge in [0.15, 0.2) is 0 Å². The molecule has 1 unspecified atom stereocenters. The topological polar surface area (TPSA) is 20.2 Å². The normalized spacial score (nSPS) is 22.8. The van der Waals surface area contributed by atoms with Crippen molar-refractivity contribution in [2.75, 3.05) is 0 Å². The van der Waals surface area contributed by atoms with Gasteiger partial charge in [-0.15, -0.1) is 11.3 Å². The van der Waals surface area contributed by atoms with E-state index in [9.17, 15) is 5.11 Å². The second-order valence-electron chi connectivity index (χ2n) is 6.41. The third kappa shape index (κ3) is 3.41. The van der Waals surface area contributed by atoms with E-state index in [2.05, 4.69) is 6.07 Å². The summed E-state index contributed by atoms with van der Waals surface area (Å²) in [5.74, 6) is 0.769. The molecule has 1 atom stereocenters. The Morgan fingerprint density at radius 1 is 1.05 bits per heavy atom. The lowest BCUT2D eigenvalue weighted by Gasteiger charge is -2.23. The summed E-state index contributed by atoms with van der Waals surface area (Å²) in [5.41, 5.74) is 1.54. The van der Waals surface area contributed by atoms with Crippen LogP contribution >= 0.6 is 11.3 Å². The third-order valence-corrected chi connectivity index (χ3v) is 6.21. The quantitative estimate of drug-likeness (QED) is 0.770. The Kier molecular flexibility index (Phi) is 4.60. The first-order chi connectivity index (χ1) is 9.33. The highest BCUT2D eigenvalue weighted by Gasteiger charge is 2.21. The summed E-state index contributed by atoms with van der Waals surface area (Å²) < 4.78 is 0. The summed E-state index contributed by atoms with van der Waals surface area (Å²) in [6.07, 6.45) is 14.2. The van der Waals surface area contributed by atoms with Gasteiger partial charge in [0.1, 0.15) is 0 Å². The molecule has 1 N–H and O–H groups in total. The number of hydrogen-bond acceptors (Lipinski definition) is 2. The van der Waals surface area contributed by atoms with Gasteiger partial charge in [0.2, 0.25) is 0 Å². The second kappa shape index (κ2) is 6.41. The van der Waals surface area contributed by atoms with Gasteiger partial charge in [-0.2, -0.15) is 0 Å². The maximum Gasteiger partial charge on any atom is 0.0884 e. The molecule has 2 aliphatic rings. The number of thiophene rings is 1. The van der Waals surface area contributed by atoms with E-state index in [0.717, 1.165) is 12.3 Å². The molecule has 0 spiro atoms. The lowest BCUT2D eigenvalue weighted by molar-refractivity contribution is 0.134. The van der Waals surface area contributed by atoms with Gasteiger partial charge in [0, 0.05) is 9.75 Å². The molecule has 3 rings (SSSR count). The van der Waals surface area contributed by atoms with Crippen LogP contribution in [0.5, 0.6) is 0 Å². The molecule has 0 saturated heterocycles. The smallest absolute Gasteiger partial charge is 0.0884 e. The summed E-state index contributed by atoms with van der Waals surface area (Å²) in [7, 11) is 0. The van der Waals surface area contributed by atoms with Crippen LogP contribution in [0, 0.1) is 5.92 Å². The van der Waals surface area contributed by atoms with Gasteiger partial charge in [-0.3, -0.25) is 0 Å². The first-order valence-corrected chi connectivity index (χ1v) is 8.94. The molecule has 1 fully saturated rings. The Morgan fingerprint density at radius 3 is 2.63 bits per heavy atom. The van der Waals surface area contributed by atoms with Crippen molar-refractivity contribution in [1.82, 2.24) is 0 Å². The highest BCUT2D eigenvalue weighted by Crippen LogP contribution is 2.37. The van der Waals surface area contributed by atoms with Crippen LogP contribution in [-0.4, -0.2) is 5.11 Å². The van der Waals surface area contributed by atoms with Crippen LogP contribution in [0.2, 0.25) is 0 Å². The Labute approximate surface area is 121 Å². The van der Waals surface area contributed by atoms with Gasteiger partial charge >= 0.3 is 0 Å². The molecule has 0 bridgehead atoms. The molecule has 1 heterocycles. The number of hydrogen-bond donors (Lipinski definition) is 1. The van der Waals surface area contributed by atoms with Crippen molar-refractivity contribution in [3.63, 3.8) is 0 Å². The minimum atomic E-state index is -0.194. The van der Waals surface area contributed by atoms with Crippen LogP contribution in [0.15, 0.2) is 6.07 Å². The van der Waals surface area contributed by atoms with Crippen LogP contribution < -0.4 is 0 Å². The average Bonchev–Trinajstić information content (AvgIpc) is 2.72. The fraction of sp³-hybridized carbons (Fsp3) is 0.765. The first-order valence-electron chi connectivity index (χ1n) is 8.12. The van der Waals surface area contributed by atoms with E-state index in [4.69, 9.17) is 0 Å². The molecule has 1 saturated carbocycles. The van der Waals surface area contributed by atoms with Crippen molar-refractivity contribution in [3.8, 4) is 0 Å². The van der Waals surface area contributed by atoms with Gasteiger partial charge in [-0.25, -0.2) is 0 Å². The van der Waals surface area contributed by atoms with Crippen molar-refractivity contribution in [2.45, 2.75) is 76.7 Å². The molecule has 1 nitrogen and oxygen atoms in total. The Morgan fingerprint density at radius 2 is 1.79 bits per heavy atom. The highest BCUT2D eigenvalue weighted by atomic mass is 32.1. The molecular formula is C17H26OS. The van der Waals surface area contributed by atoms with E-state index in [-0.39, 0.29) is 6.10 Å². The van der Waals surface area contributed by atoms with Gasteiger partial charge in [0.25, 0.3) is 0 Å². The summed E-state index contributed by atoms with van der Waals surface area (Å²) in [4.78, 5) is 2.81. The minimum Gasteiger partial charge on any atom is -0.388 e. The van der Waals surface area contributed by atoms with E-state index in [1.54, 1.807) is 10.4 Å². The SMILES string of the molecule is OC(CC1CCCCC1)c1cc2c(s1)CCCCC2. The van der Waals surface area contributed by atoms with Crippen molar-refractivity contribution in [1.29, 1.82) is 0 Å². The van der Waals surface area contributed by atoms with Crippen molar-refractivity contribution >= 4 is 11.3 Å². The number of rotatable bonds is 3. The summed E-state index contributed by atoms with van der Waals surface area (Å²) >= 11 is 1.90. The van der Waals surface area contributed by atoms with E-state index in [0.29, 0.717) is 0 Å². The standard InChI is InChI=1S/C17H26OS/c18-15(11-13-7-3-1-4-8-13)17-12-14-9-5-2-6-10-16(14)19-17/h12-13,15,18H,1-11H2. The zero-order valence-corrected chi connectivity index (χ0v) is 12.7. The number of fused-ring (bicyclic) bond motifs is 1. The fourth-order valence-electron chi connectivity index (χ4n) is 3.71. The number of aliphatic hydroxyl groups excluding tert-OH is 1. The maximum atomic E-state index is 10.5. The minimum absolute atomic E-state index is 0.194. The van der Waals surface area contributed by atoms with Crippen molar-refractivity contribution in [2.24, 2.45) is 5.92 Å². The Balaban J connectivity index is 1.64. The average molecular weight is 278 g/mol. The number of aryl methyl sites for hydroxylation is 2. The van der Waals surface area contributed by atoms with Crippen LogP contribution in [0.1, 0.15) is 79.2 Å². The molecule has 106 valence electrons. The molecule has 0 radical (unpaired) electrons. The van der Waals surface area contributed by atoms with Gasteiger partial charge in [0.05, 0.1) is 6.10 Å². The zero-order valence-electron chi connectivity index (χ0n) is 11.9. The fourth-order valence-corrected chi connectivity index (χ4v) is 4.97. The lowest BCUT2D eigenvalue weighted by atomic mass is 9.85. The number of aliphatic hydroxyl groups is 1. The van der Waals surface area contributed by atoms with E-state index < -0.39 is 0 Å². The maximum absolute atomic E-state index is 10.5. The van der Waals surface area contributed by atoms with Crippen molar-refractivity contribution < 1.29 is 5.11 Å². The van der Waals surface area contributed by atoms with E-state index in [1.807, 2.05) is 11.3 Å². The Bertz CT molecular complexity index is 380. The van der Waals surface area contributed by atoms with Crippen LogP contribution in [0.3, 0.4) is 0 Å². The molecule has 1 aromatic heterocycles. The van der Waals surface area contributed by atoms with E-state index >= 15 is 0 Å². The van der Waals surface area contributed by atoms with Crippen LogP contribution in [0.4, 0.5) is 0 Å². The third-order valence-electron chi connectivity index (χ3n) is 4.88.